The summed E-state index contributed by atoms with van der Waals surface area (Å²) in [4.78, 5) is 12.1. The molecule has 0 bridgehead atoms. The molecule has 2 aromatic heterocycles. The molecule has 1 fully saturated rings. The van der Waals surface area contributed by atoms with Crippen LogP contribution in [0.25, 0.3) is 0 Å². The molecule has 1 amide bonds. The van der Waals surface area contributed by atoms with Gasteiger partial charge in [0.05, 0.1) is 0 Å². The molecule has 0 atom stereocenters. The topological polar surface area (TPSA) is 64.7 Å². The zero-order chi connectivity index (χ0) is 20.5. The second kappa shape index (κ2) is 7.88. The van der Waals surface area contributed by atoms with Gasteiger partial charge < -0.3 is 5.32 Å². The van der Waals surface area contributed by atoms with Gasteiger partial charge in [0.1, 0.15) is 12.2 Å². The molecule has 6 nitrogen and oxygen atoms in total. The number of carbonyl (C=O) groups is 1. The predicted molar refractivity (Wildman–Crippen MR) is 88.8 cm³/mol. The van der Waals surface area contributed by atoms with Crippen molar-refractivity contribution in [1.82, 2.24) is 24.9 Å². The first-order chi connectivity index (χ1) is 13.1. The molecule has 3 rings (SSSR count). The van der Waals surface area contributed by atoms with E-state index in [1.165, 1.54) is 22.4 Å². The number of halogens is 5. The number of carbonyl (C=O) groups excluding carboxylic acids is 1. The summed E-state index contributed by atoms with van der Waals surface area (Å²) in [5.41, 5.74) is -0.277. The van der Waals surface area contributed by atoms with Crippen LogP contribution in [0.4, 0.5) is 22.0 Å². The molecule has 0 aliphatic heterocycles. The lowest BCUT2D eigenvalue weighted by Gasteiger charge is -2.09. The number of rotatable bonds is 8. The maximum absolute atomic E-state index is 12.8. The third-order valence-corrected chi connectivity index (χ3v) is 4.48. The maximum atomic E-state index is 12.8. The van der Waals surface area contributed by atoms with Crippen molar-refractivity contribution in [1.29, 1.82) is 0 Å². The van der Waals surface area contributed by atoms with Crippen molar-refractivity contribution < 1.29 is 26.7 Å². The van der Waals surface area contributed by atoms with Gasteiger partial charge in [-0.25, -0.2) is 8.78 Å². The van der Waals surface area contributed by atoms with Crippen LogP contribution in [0.2, 0.25) is 0 Å². The van der Waals surface area contributed by atoms with Crippen molar-refractivity contribution in [3.05, 3.63) is 34.9 Å². The lowest BCUT2D eigenvalue weighted by atomic mass is 10.2. The summed E-state index contributed by atoms with van der Waals surface area (Å²) in [6.07, 6.45) is -5.04. The van der Waals surface area contributed by atoms with E-state index in [4.69, 9.17) is 0 Å². The molecule has 0 saturated heterocycles. The molecular formula is C17H20F5N5O. The largest absolute Gasteiger partial charge is 0.435 e. The second-order valence-corrected chi connectivity index (χ2v) is 6.82. The van der Waals surface area contributed by atoms with Gasteiger partial charge in [0, 0.05) is 30.4 Å². The molecule has 1 aliphatic carbocycles. The van der Waals surface area contributed by atoms with Crippen LogP contribution in [0.3, 0.4) is 0 Å². The Hall–Kier alpha value is -2.46. The van der Waals surface area contributed by atoms with Gasteiger partial charge in [-0.1, -0.05) is 0 Å². The van der Waals surface area contributed by atoms with E-state index in [0.29, 0.717) is 17.8 Å². The Kier molecular flexibility index (Phi) is 5.71. The predicted octanol–water partition coefficient (Wildman–Crippen LogP) is 3.43. The summed E-state index contributed by atoms with van der Waals surface area (Å²) in [5.74, 6) is -0.225. The number of hydrogen-bond acceptors (Lipinski definition) is 3. The fourth-order valence-corrected chi connectivity index (χ4v) is 2.92. The van der Waals surface area contributed by atoms with Gasteiger partial charge in [-0.15, -0.1) is 0 Å². The Balaban J connectivity index is 1.49. The molecule has 0 spiro atoms. The molecule has 1 saturated carbocycles. The van der Waals surface area contributed by atoms with Gasteiger partial charge in [-0.2, -0.15) is 23.4 Å². The first-order valence-corrected chi connectivity index (χ1v) is 8.89. The Labute approximate surface area is 157 Å². The van der Waals surface area contributed by atoms with E-state index in [9.17, 15) is 26.7 Å². The van der Waals surface area contributed by atoms with Crippen LogP contribution >= 0.6 is 0 Å². The summed E-state index contributed by atoms with van der Waals surface area (Å²) >= 11 is 0. The van der Waals surface area contributed by atoms with Crippen molar-refractivity contribution in [3.63, 3.8) is 0 Å². The van der Waals surface area contributed by atoms with Gasteiger partial charge in [0.15, 0.2) is 5.69 Å². The van der Waals surface area contributed by atoms with Gasteiger partial charge in [-0.3, -0.25) is 14.2 Å². The SMILES string of the molecule is Cc1cc(C(F)(F)F)nn1CCCNC(=O)Cn1nc(C(F)F)cc1C1CC1. The van der Waals surface area contributed by atoms with Crippen LogP contribution in [-0.2, 0) is 24.1 Å². The number of alkyl halides is 5. The Morgan fingerprint density at radius 2 is 1.96 bits per heavy atom. The van der Waals surface area contributed by atoms with E-state index in [0.717, 1.165) is 18.9 Å². The standard InChI is InChI=1S/C17H20F5N5O/c1-10-7-14(17(20,21)22)25-26(10)6-2-5-23-15(28)9-27-13(11-3-4-11)8-12(24-27)16(18)19/h7-8,11,16H,2-6,9H2,1H3,(H,23,28). The zero-order valence-electron chi connectivity index (χ0n) is 15.1. The monoisotopic (exact) mass is 405 g/mol. The highest BCUT2D eigenvalue weighted by Crippen LogP contribution is 2.41. The van der Waals surface area contributed by atoms with Crippen molar-refractivity contribution in [2.24, 2.45) is 0 Å². The molecule has 28 heavy (non-hydrogen) atoms. The van der Waals surface area contributed by atoms with E-state index in [2.05, 4.69) is 15.5 Å². The van der Waals surface area contributed by atoms with E-state index in [-0.39, 0.29) is 37.2 Å². The second-order valence-electron chi connectivity index (χ2n) is 6.82. The molecular weight excluding hydrogens is 385 g/mol. The first kappa shape index (κ1) is 20.3. The zero-order valence-corrected chi connectivity index (χ0v) is 15.1. The minimum atomic E-state index is -4.50. The summed E-state index contributed by atoms with van der Waals surface area (Å²) in [6, 6.07) is 2.31. The summed E-state index contributed by atoms with van der Waals surface area (Å²) in [7, 11) is 0. The molecule has 2 heterocycles. The molecule has 1 N–H and O–H groups in total. The normalized spacial score (nSPS) is 14.7. The highest BCUT2D eigenvalue weighted by Gasteiger charge is 2.34. The highest BCUT2D eigenvalue weighted by molar-refractivity contribution is 5.75. The first-order valence-electron chi connectivity index (χ1n) is 8.89. The highest BCUT2D eigenvalue weighted by atomic mass is 19.4. The van der Waals surface area contributed by atoms with E-state index < -0.39 is 18.3 Å². The van der Waals surface area contributed by atoms with Crippen molar-refractivity contribution >= 4 is 5.91 Å². The molecule has 0 radical (unpaired) electrons. The Morgan fingerprint density at radius 1 is 1.25 bits per heavy atom. The minimum Gasteiger partial charge on any atom is -0.354 e. The molecule has 0 aromatic carbocycles. The average molecular weight is 405 g/mol. The molecule has 154 valence electrons. The lowest BCUT2D eigenvalue weighted by Crippen LogP contribution is -2.30. The van der Waals surface area contributed by atoms with Crippen molar-refractivity contribution in [3.8, 4) is 0 Å². The van der Waals surface area contributed by atoms with Crippen LogP contribution in [0.15, 0.2) is 12.1 Å². The number of nitrogens with zero attached hydrogens (tertiary/aromatic N) is 4. The van der Waals surface area contributed by atoms with Crippen LogP contribution < -0.4 is 5.32 Å². The maximum Gasteiger partial charge on any atom is 0.435 e. The fraction of sp³-hybridized carbons (Fsp3) is 0.588. The Bertz CT molecular complexity index is 838. The van der Waals surface area contributed by atoms with Crippen molar-refractivity contribution in [2.75, 3.05) is 6.54 Å². The molecule has 11 heteroatoms. The van der Waals surface area contributed by atoms with Crippen LogP contribution in [-0.4, -0.2) is 32.0 Å². The van der Waals surface area contributed by atoms with Gasteiger partial charge >= 0.3 is 6.18 Å². The smallest absolute Gasteiger partial charge is 0.354 e. The third kappa shape index (κ3) is 4.87. The number of nitrogens with one attached hydrogen (secondary N) is 1. The lowest BCUT2D eigenvalue weighted by molar-refractivity contribution is -0.141. The quantitative estimate of drug-likeness (QED) is 0.541. The summed E-state index contributed by atoms with van der Waals surface area (Å²) in [5, 5.41) is 9.96. The molecule has 2 aromatic rings. The number of aromatic nitrogens is 4. The minimum absolute atomic E-state index is 0.165. The van der Waals surface area contributed by atoms with E-state index in [1.54, 1.807) is 0 Å². The van der Waals surface area contributed by atoms with Crippen LogP contribution in [0.1, 0.15) is 54.4 Å². The third-order valence-electron chi connectivity index (χ3n) is 4.48. The van der Waals surface area contributed by atoms with Gasteiger partial charge in [0.2, 0.25) is 5.91 Å². The van der Waals surface area contributed by atoms with E-state index in [1.807, 2.05) is 0 Å². The van der Waals surface area contributed by atoms with E-state index >= 15 is 0 Å². The number of amides is 1. The Morgan fingerprint density at radius 3 is 2.54 bits per heavy atom. The molecule has 0 unspecified atom stereocenters. The average Bonchev–Trinajstić information content (AvgIpc) is 3.24. The summed E-state index contributed by atoms with van der Waals surface area (Å²) in [6.45, 7) is 1.80. The fourth-order valence-electron chi connectivity index (χ4n) is 2.92. The van der Waals surface area contributed by atoms with Crippen LogP contribution in [0.5, 0.6) is 0 Å². The van der Waals surface area contributed by atoms with Crippen molar-refractivity contribution in [2.45, 2.75) is 57.8 Å². The number of hydrogen-bond donors (Lipinski definition) is 1. The molecule has 1 aliphatic rings. The number of aryl methyl sites for hydroxylation is 2. The summed E-state index contributed by atoms with van der Waals surface area (Å²) < 4.78 is 66.2. The van der Waals surface area contributed by atoms with Crippen LogP contribution in [0, 0.1) is 6.92 Å². The van der Waals surface area contributed by atoms with Gasteiger partial charge in [-0.05, 0) is 38.3 Å². The van der Waals surface area contributed by atoms with Gasteiger partial charge in [0.25, 0.3) is 6.43 Å².